The first-order valence-electron chi connectivity index (χ1n) is 11.1. The highest BCUT2D eigenvalue weighted by Gasteiger charge is 2.33. The van der Waals surface area contributed by atoms with Gasteiger partial charge in [0.2, 0.25) is 15.9 Å². The summed E-state index contributed by atoms with van der Waals surface area (Å²) >= 11 is 0. The first kappa shape index (κ1) is 21.3. The Morgan fingerprint density at radius 2 is 1.84 bits per heavy atom. The Hall–Kier alpha value is -2.59. The quantitative estimate of drug-likeness (QED) is 0.710. The number of aryl methyl sites for hydroxylation is 1. The number of amides is 1. The van der Waals surface area contributed by atoms with Crippen LogP contribution >= 0.6 is 0 Å². The number of carbonyl (C=O) groups is 1. The molecule has 3 heterocycles. The van der Waals surface area contributed by atoms with E-state index in [9.17, 15) is 13.2 Å². The average molecular weight is 461 g/mol. The summed E-state index contributed by atoms with van der Waals surface area (Å²) in [7, 11) is -3.66. The molecule has 5 rings (SSSR count). The highest BCUT2D eigenvalue weighted by molar-refractivity contribution is 7.89. The number of ether oxygens (including phenoxy) is 2. The number of aromatic nitrogens is 2. The molecular weight excluding hydrogens is 432 g/mol. The van der Waals surface area contributed by atoms with Crippen LogP contribution in [0, 0.1) is 18.8 Å². The lowest BCUT2D eigenvalue weighted by molar-refractivity contribution is -0.121. The first-order chi connectivity index (χ1) is 15.4. The number of piperidine rings is 1. The van der Waals surface area contributed by atoms with E-state index in [1.54, 1.807) is 18.3 Å². The number of anilines is 1. The molecular formula is C22H28N4O5S. The van der Waals surface area contributed by atoms with Crippen molar-refractivity contribution in [1.29, 1.82) is 0 Å². The molecule has 1 N–H and O–H groups in total. The summed E-state index contributed by atoms with van der Waals surface area (Å²) in [5.74, 6) is 2.12. The number of rotatable bonds is 6. The maximum Gasteiger partial charge on any atom is 0.243 e. The smallest absolute Gasteiger partial charge is 0.243 e. The fourth-order valence-electron chi connectivity index (χ4n) is 4.24. The molecule has 0 bridgehead atoms. The van der Waals surface area contributed by atoms with Gasteiger partial charge in [-0.15, -0.1) is 0 Å². The number of fused-ring (bicyclic) bond motifs is 1. The van der Waals surface area contributed by atoms with Crippen LogP contribution < -0.4 is 14.8 Å². The topological polar surface area (TPSA) is 103 Å². The largest absolute Gasteiger partial charge is 0.486 e. The van der Waals surface area contributed by atoms with Crippen LogP contribution in [-0.4, -0.2) is 54.7 Å². The zero-order valence-electron chi connectivity index (χ0n) is 18.1. The molecule has 0 unspecified atom stereocenters. The molecule has 2 aliphatic heterocycles. The highest BCUT2D eigenvalue weighted by atomic mass is 32.2. The minimum Gasteiger partial charge on any atom is -0.486 e. The monoisotopic (exact) mass is 460 g/mol. The van der Waals surface area contributed by atoms with Gasteiger partial charge in [0, 0.05) is 37.2 Å². The fourth-order valence-corrected chi connectivity index (χ4v) is 5.72. The molecule has 0 atom stereocenters. The number of hydrogen-bond donors (Lipinski definition) is 1. The van der Waals surface area contributed by atoms with Crippen molar-refractivity contribution in [3.8, 4) is 11.5 Å². The summed E-state index contributed by atoms with van der Waals surface area (Å²) in [5.41, 5.74) is 0.942. The number of benzene rings is 1. The summed E-state index contributed by atoms with van der Waals surface area (Å²) in [6.45, 7) is 4.22. The van der Waals surface area contributed by atoms with E-state index in [1.807, 2.05) is 11.6 Å². The van der Waals surface area contributed by atoms with Gasteiger partial charge in [0.25, 0.3) is 0 Å². The number of carbonyl (C=O) groups excluding carboxylic acids is 1. The van der Waals surface area contributed by atoms with Crippen LogP contribution in [0.25, 0.3) is 0 Å². The summed E-state index contributed by atoms with van der Waals surface area (Å²) < 4.78 is 40.6. The number of nitrogens with zero attached hydrogens (tertiary/aromatic N) is 3. The molecule has 0 spiro atoms. The lowest BCUT2D eigenvalue weighted by atomic mass is 9.97. The van der Waals surface area contributed by atoms with Crippen LogP contribution in [0.2, 0.25) is 0 Å². The van der Waals surface area contributed by atoms with E-state index in [0.29, 0.717) is 56.6 Å². The summed E-state index contributed by atoms with van der Waals surface area (Å²) in [6.07, 6.45) is 5.16. The maximum atomic E-state index is 13.1. The van der Waals surface area contributed by atoms with Crippen LogP contribution in [0.1, 0.15) is 31.2 Å². The zero-order chi connectivity index (χ0) is 22.3. The van der Waals surface area contributed by atoms with Gasteiger partial charge in [-0.3, -0.25) is 4.79 Å². The SMILES string of the molecule is Cc1cnn(CC2CC2)c1NC(=O)C1CCN(S(=O)(=O)c2ccc3c(c2)OCCO3)CC1. The predicted molar refractivity (Wildman–Crippen MR) is 117 cm³/mol. The lowest BCUT2D eigenvalue weighted by Crippen LogP contribution is -2.41. The molecule has 1 saturated heterocycles. The summed E-state index contributed by atoms with van der Waals surface area (Å²) in [4.78, 5) is 13.1. The molecule has 10 heteroatoms. The van der Waals surface area contributed by atoms with E-state index in [2.05, 4.69) is 10.4 Å². The number of nitrogens with one attached hydrogen (secondary N) is 1. The Balaban J connectivity index is 1.22. The molecule has 1 aliphatic carbocycles. The highest BCUT2D eigenvalue weighted by Crippen LogP contribution is 2.35. The normalized spacial score (nSPS) is 19.7. The molecule has 3 aliphatic rings. The van der Waals surface area contributed by atoms with Crippen molar-refractivity contribution < 1.29 is 22.7 Å². The Morgan fingerprint density at radius 3 is 2.56 bits per heavy atom. The van der Waals surface area contributed by atoms with Gasteiger partial charge in [-0.1, -0.05) is 0 Å². The Bertz CT molecular complexity index is 1120. The van der Waals surface area contributed by atoms with E-state index < -0.39 is 10.0 Å². The van der Waals surface area contributed by atoms with Gasteiger partial charge in [0.15, 0.2) is 11.5 Å². The molecule has 9 nitrogen and oxygen atoms in total. The van der Waals surface area contributed by atoms with Crippen LogP contribution in [-0.2, 0) is 21.4 Å². The molecule has 32 heavy (non-hydrogen) atoms. The van der Waals surface area contributed by atoms with Crippen molar-refractivity contribution in [2.75, 3.05) is 31.6 Å². The zero-order valence-corrected chi connectivity index (χ0v) is 18.9. The van der Waals surface area contributed by atoms with E-state index in [-0.39, 0.29) is 16.7 Å². The van der Waals surface area contributed by atoms with E-state index in [0.717, 1.165) is 17.9 Å². The average Bonchev–Trinajstić information content (AvgIpc) is 3.57. The predicted octanol–water partition coefficient (Wildman–Crippen LogP) is 2.41. The van der Waals surface area contributed by atoms with Crippen molar-refractivity contribution in [3.63, 3.8) is 0 Å². The molecule has 1 aromatic carbocycles. The second-order valence-electron chi connectivity index (χ2n) is 8.77. The van der Waals surface area contributed by atoms with E-state index in [4.69, 9.17) is 9.47 Å². The standard InChI is InChI=1S/C22H28N4O5S/c1-15-13-23-26(14-16-2-3-16)21(15)24-22(27)17-6-8-25(9-7-17)32(28,29)18-4-5-19-20(12-18)31-11-10-30-19/h4-5,12-13,16-17H,2-3,6-11,14H2,1H3,(H,24,27). The van der Waals surface area contributed by atoms with E-state index >= 15 is 0 Å². The van der Waals surface area contributed by atoms with Crippen molar-refractivity contribution in [2.24, 2.45) is 11.8 Å². The van der Waals surface area contributed by atoms with Crippen molar-refractivity contribution in [1.82, 2.24) is 14.1 Å². The molecule has 1 aromatic heterocycles. The second kappa shape index (κ2) is 8.40. The maximum absolute atomic E-state index is 13.1. The second-order valence-corrected chi connectivity index (χ2v) is 10.7. The van der Waals surface area contributed by atoms with Crippen LogP contribution in [0.15, 0.2) is 29.3 Å². The van der Waals surface area contributed by atoms with Gasteiger partial charge in [-0.2, -0.15) is 9.40 Å². The molecule has 0 radical (unpaired) electrons. The molecule has 172 valence electrons. The molecule has 2 fully saturated rings. The third-order valence-corrected chi connectivity index (χ3v) is 8.26. The Morgan fingerprint density at radius 1 is 1.12 bits per heavy atom. The van der Waals surface area contributed by atoms with Crippen molar-refractivity contribution >= 4 is 21.7 Å². The third-order valence-electron chi connectivity index (χ3n) is 6.37. The van der Waals surface area contributed by atoms with Crippen LogP contribution in [0.3, 0.4) is 0 Å². The summed E-state index contributed by atoms with van der Waals surface area (Å²) in [6, 6.07) is 4.70. The van der Waals surface area contributed by atoms with Gasteiger partial charge in [-0.25, -0.2) is 13.1 Å². The first-order valence-corrected chi connectivity index (χ1v) is 12.6. The van der Waals surface area contributed by atoms with E-state index in [1.165, 1.54) is 23.2 Å². The number of hydrogen-bond acceptors (Lipinski definition) is 6. The summed E-state index contributed by atoms with van der Waals surface area (Å²) in [5, 5.41) is 7.44. The minimum atomic E-state index is -3.66. The van der Waals surface area contributed by atoms with Crippen LogP contribution in [0.5, 0.6) is 11.5 Å². The molecule has 1 saturated carbocycles. The Labute approximate surface area is 187 Å². The third kappa shape index (κ3) is 4.21. The molecule has 2 aromatic rings. The molecule has 1 amide bonds. The van der Waals surface area contributed by atoms with Crippen molar-refractivity contribution in [2.45, 2.75) is 44.0 Å². The van der Waals surface area contributed by atoms with Gasteiger partial charge >= 0.3 is 0 Å². The van der Waals surface area contributed by atoms with Gasteiger partial charge in [0.05, 0.1) is 11.1 Å². The fraction of sp³-hybridized carbons (Fsp3) is 0.545. The van der Waals surface area contributed by atoms with Gasteiger partial charge in [0.1, 0.15) is 19.0 Å². The number of sulfonamides is 1. The van der Waals surface area contributed by atoms with Crippen LogP contribution in [0.4, 0.5) is 5.82 Å². The minimum absolute atomic E-state index is 0.0676. The van der Waals surface area contributed by atoms with Gasteiger partial charge < -0.3 is 14.8 Å². The lowest BCUT2D eigenvalue weighted by Gasteiger charge is -2.31. The van der Waals surface area contributed by atoms with Gasteiger partial charge in [-0.05, 0) is 50.7 Å². The Kier molecular flexibility index (Phi) is 5.58. The van der Waals surface area contributed by atoms with Crippen molar-refractivity contribution in [3.05, 3.63) is 30.0 Å².